The van der Waals surface area contributed by atoms with E-state index in [-0.39, 0.29) is 0 Å². The minimum absolute atomic E-state index is 0.363. The zero-order valence-electron chi connectivity index (χ0n) is 16.0. The van der Waals surface area contributed by atoms with Gasteiger partial charge < -0.3 is 5.11 Å². The standard InChI is InChI=1S/C22H44O/c1-2-3-4-5-6-7-8-9-10-11-12-13-14-15-16-17-18-19-20-21-22-23/h13-14,23H,2-12,15-22H2,1H3. The molecule has 0 bridgehead atoms. The summed E-state index contributed by atoms with van der Waals surface area (Å²) in [5.74, 6) is 0. The van der Waals surface area contributed by atoms with Crippen molar-refractivity contribution in [3.63, 3.8) is 0 Å². The summed E-state index contributed by atoms with van der Waals surface area (Å²) >= 11 is 0. The van der Waals surface area contributed by atoms with Gasteiger partial charge in [0, 0.05) is 6.61 Å². The number of aliphatic hydroxyl groups is 1. The van der Waals surface area contributed by atoms with Crippen molar-refractivity contribution in [3.8, 4) is 0 Å². The molecule has 138 valence electrons. The summed E-state index contributed by atoms with van der Waals surface area (Å²) in [5, 5.41) is 8.70. The van der Waals surface area contributed by atoms with Crippen molar-refractivity contribution in [2.45, 2.75) is 122 Å². The molecule has 0 aliphatic heterocycles. The average molecular weight is 325 g/mol. The van der Waals surface area contributed by atoms with Crippen LogP contribution >= 0.6 is 0 Å². The average Bonchev–Trinajstić information content (AvgIpc) is 2.57. The van der Waals surface area contributed by atoms with Crippen molar-refractivity contribution < 1.29 is 5.11 Å². The zero-order valence-corrected chi connectivity index (χ0v) is 16.0. The second kappa shape index (κ2) is 21.7. The van der Waals surface area contributed by atoms with Gasteiger partial charge in [-0.25, -0.2) is 0 Å². The van der Waals surface area contributed by atoms with E-state index in [1.807, 2.05) is 0 Å². The van der Waals surface area contributed by atoms with E-state index in [9.17, 15) is 0 Å². The molecule has 0 unspecified atom stereocenters. The molecule has 0 saturated heterocycles. The Hall–Kier alpha value is -0.300. The van der Waals surface area contributed by atoms with E-state index in [4.69, 9.17) is 5.11 Å². The van der Waals surface area contributed by atoms with Gasteiger partial charge in [0.2, 0.25) is 0 Å². The van der Waals surface area contributed by atoms with Crippen LogP contribution in [0.15, 0.2) is 12.2 Å². The lowest BCUT2D eigenvalue weighted by Crippen LogP contribution is -1.83. The van der Waals surface area contributed by atoms with Crippen LogP contribution in [0.2, 0.25) is 0 Å². The highest BCUT2D eigenvalue weighted by atomic mass is 16.2. The molecule has 23 heavy (non-hydrogen) atoms. The van der Waals surface area contributed by atoms with Crippen molar-refractivity contribution in [2.24, 2.45) is 0 Å². The molecule has 0 rings (SSSR count). The predicted octanol–water partition coefficient (Wildman–Crippen LogP) is 7.58. The lowest BCUT2D eigenvalue weighted by atomic mass is 10.1. The van der Waals surface area contributed by atoms with Crippen LogP contribution in [-0.4, -0.2) is 11.7 Å². The topological polar surface area (TPSA) is 20.2 Å². The van der Waals surface area contributed by atoms with Gasteiger partial charge in [0.1, 0.15) is 0 Å². The molecule has 0 saturated carbocycles. The van der Waals surface area contributed by atoms with E-state index in [2.05, 4.69) is 19.1 Å². The normalized spacial score (nSPS) is 11.6. The molecule has 1 heteroatoms. The lowest BCUT2D eigenvalue weighted by molar-refractivity contribution is 0.282. The summed E-state index contributed by atoms with van der Waals surface area (Å²) in [5.41, 5.74) is 0. The van der Waals surface area contributed by atoms with Gasteiger partial charge in [-0.2, -0.15) is 0 Å². The van der Waals surface area contributed by atoms with Gasteiger partial charge in [0.25, 0.3) is 0 Å². The molecule has 1 nitrogen and oxygen atoms in total. The van der Waals surface area contributed by atoms with E-state index < -0.39 is 0 Å². The number of rotatable bonds is 19. The van der Waals surface area contributed by atoms with Crippen LogP contribution in [0.25, 0.3) is 0 Å². The number of hydrogen-bond donors (Lipinski definition) is 1. The van der Waals surface area contributed by atoms with Gasteiger partial charge in [-0.05, 0) is 32.1 Å². The number of aliphatic hydroxyl groups excluding tert-OH is 1. The molecule has 0 aromatic rings. The predicted molar refractivity (Wildman–Crippen MR) is 105 cm³/mol. The fraction of sp³-hybridized carbons (Fsp3) is 0.909. The van der Waals surface area contributed by atoms with Crippen molar-refractivity contribution >= 4 is 0 Å². The monoisotopic (exact) mass is 324 g/mol. The molecular formula is C22H44O. The van der Waals surface area contributed by atoms with E-state index >= 15 is 0 Å². The summed E-state index contributed by atoms with van der Waals surface area (Å²) in [6.45, 7) is 2.65. The summed E-state index contributed by atoms with van der Waals surface area (Å²) in [4.78, 5) is 0. The van der Waals surface area contributed by atoms with Crippen molar-refractivity contribution in [3.05, 3.63) is 12.2 Å². The quantitative estimate of drug-likeness (QED) is 0.192. The number of unbranched alkanes of at least 4 members (excludes halogenated alkanes) is 16. The van der Waals surface area contributed by atoms with Gasteiger partial charge in [0.05, 0.1) is 0 Å². The summed E-state index contributed by atoms with van der Waals surface area (Å²) in [6.07, 6.45) is 29.1. The van der Waals surface area contributed by atoms with Crippen molar-refractivity contribution in [1.82, 2.24) is 0 Å². The Labute approximate surface area is 147 Å². The van der Waals surface area contributed by atoms with Crippen LogP contribution in [0.3, 0.4) is 0 Å². The third-order valence-corrected chi connectivity index (χ3v) is 4.67. The van der Waals surface area contributed by atoms with Gasteiger partial charge in [-0.1, -0.05) is 103 Å². The summed E-state index contributed by atoms with van der Waals surface area (Å²) < 4.78 is 0. The highest BCUT2D eigenvalue weighted by molar-refractivity contribution is 4.81. The Morgan fingerprint density at radius 1 is 0.478 bits per heavy atom. The molecule has 1 N–H and O–H groups in total. The summed E-state index contributed by atoms with van der Waals surface area (Å²) in [7, 11) is 0. The minimum atomic E-state index is 0.363. The smallest absolute Gasteiger partial charge is 0.0431 e. The Balaban J connectivity index is 3.03. The first-order valence-electron chi connectivity index (χ1n) is 10.7. The lowest BCUT2D eigenvalue weighted by Gasteiger charge is -2.01. The zero-order chi connectivity index (χ0) is 16.8. The maximum Gasteiger partial charge on any atom is 0.0431 e. The van der Waals surface area contributed by atoms with Gasteiger partial charge in [0.15, 0.2) is 0 Å². The van der Waals surface area contributed by atoms with E-state index in [1.165, 1.54) is 109 Å². The van der Waals surface area contributed by atoms with Gasteiger partial charge in [-0.15, -0.1) is 0 Å². The van der Waals surface area contributed by atoms with Crippen LogP contribution in [0.1, 0.15) is 122 Å². The van der Waals surface area contributed by atoms with Crippen LogP contribution in [0.5, 0.6) is 0 Å². The summed E-state index contributed by atoms with van der Waals surface area (Å²) in [6, 6.07) is 0. The maximum absolute atomic E-state index is 8.70. The number of allylic oxidation sites excluding steroid dienone is 2. The first-order valence-corrected chi connectivity index (χ1v) is 10.7. The highest BCUT2D eigenvalue weighted by Crippen LogP contribution is 2.12. The van der Waals surface area contributed by atoms with E-state index in [0.29, 0.717) is 6.61 Å². The Morgan fingerprint density at radius 2 is 0.826 bits per heavy atom. The Bertz CT molecular complexity index is 222. The molecule has 0 spiro atoms. The van der Waals surface area contributed by atoms with Crippen molar-refractivity contribution in [1.29, 1.82) is 0 Å². The van der Waals surface area contributed by atoms with Gasteiger partial charge in [-0.3, -0.25) is 0 Å². The largest absolute Gasteiger partial charge is 0.396 e. The molecule has 0 aliphatic carbocycles. The first kappa shape index (κ1) is 22.7. The van der Waals surface area contributed by atoms with Crippen LogP contribution in [-0.2, 0) is 0 Å². The van der Waals surface area contributed by atoms with Crippen LogP contribution in [0, 0.1) is 0 Å². The van der Waals surface area contributed by atoms with Crippen molar-refractivity contribution in [2.75, 3.05) is 6.61 Å². The molecule has 0 fully saturated rings. The van der Waals surface area contributed by atoms with Crippen LogP contribution in [0.4, 0.5) is 0 Å². The molecule has 0 radical (unpaired) electrons. The molecule has 0 atom stereocenters. The highest BCUT2D eigenvalue weighted by Gasteiger charge is 1.92. The second-order valence-corrected chi connectivity index (χ2v) is 7.08. The SMILES string of the molecule is CCCCCCCCCCCCC=CCCCCCCCCO. The molecule has 0 heterocycles. The Kier molecular flexibility index (Phi) is 21.4. The van der Waals surface area contributed by atoms with E-state index in [1.54, 1.807) is 0 Å². The maximum atomic E-state index is 8.70. The number of hydrogen-bond acceptors (Lipinski definition) is 1. The molecule has 0 amide bonds. The minimum Gasteiger partial charge on any atom is -0.396 e. The first-order chi connectivity index (χ1) is 11.4. The van der Waals surface area contributed by atoms with Gasteiger partial charge >= 0.3 is 0 Å². The van der Waals surface area contributed by atoms with Crippen LogP contribution < -0.4 is 0 Å². The fourth-order valence-electron chi connectivity index (χ4n) is 3.07. The third kappa shape index (κ3) is 21.7. The fourth-order valence-corrected chi connectivity index (χ4v) is 3.07. The second-order valence-electron chi connectivity index (χ2n) is 7.08. The molecule has 0 aromatic heterocycles. The molecular weight excluding hydrogens is 280 g/mol. The molecule has 0 aromatic carbocycles. The third-order valence-electron chi connectivity index (χ3n) is 4.67. The molecule has 0 aliphatic rings. The Morgan fingerprint density at radius 3 is 1.22 bits per heavy atom. The van der Waals surface area contributed by atoms with E-state index in [0.717, 1.165) is 6.42 Å².